The van der Waals surface area contributed by atoms with Crippen molar-refractivity contribution in [3.05, 3.63) is 18.2 Å². The molecule has 0 aliphatic heterocycles. The fraction of sp³-hybridized carbons (Fsp3) is 0.400. The average Bonchev–Trinajstić information content (AvgIpc) is 2.36. The summed E-state index contributed by atoms with van der Waals surface area (Å²) in [6.45, 7) is -2.05. The van der Waals surface area contributed by atoms with E-state index in [0.717, 1.165) is 25.2 Å². The number of nitrogen functional groups attached to an aromatic ring is 1. The van der Waals surface area contributed by atoms with Gasteiger partial charge < -0.3 is 10.5 Å². The third-order valence-electron chi connectivity index (χ3n) is 2.35. The maximum absolute atomic E-state index is 12.8. The number of hydrogen-bond donors (Lipinski definition) is 2. The quantitative estimate of drug-likeness (QED) is 0.635. The van der Waals surface area contributed by atoms with Crippen LogP contribution in [0.15, 0.2) is 23.1 Å². The topological polar surface area (TPSA) is 81.4 Å². The summed E-state index contributed by atoms with van der Waals surface area (Å²) in [4.78, 5) is -0.636. The smallest absolute Gasteiger partial charge is 0.456 e. The van der Waals surface area contributed by atoms with Crippen molar-refractivity contribution < 1.29 is 35.1 Å². The number of alkyl halides is 5. The van der Waals surface area contributed by atoms with E-state index in [1.54, 1.807) is 0 Å². The zero-order valence-electron chi connectivity index (χ0n) is 10.5. The van der Waals surface area contributed by atoms with Gasteiger partial charge in [-0.3, -0.25) is 0 Å². The molecule has 3 N–H and O–H groups in total. The first-order chi connectivity index (χ1) is 9.40. The number of nitrogens with two attached hydrogens (primary N) is 1. The van der Waals surface area contributed by atoms with Gasteiger partial charge in [-0.05, 0) is 25.2 Å². The molecule has 1 rings (SSSR count). The van der Waals surface area contributed by atoms with Crippen molar-refractivity contribution in [2.24, 2.45) is 0 Å². The third kappa shape index (κ3) is 3.94. The van der Waals surface area contributed by atoms with Crippen LogP contribution in [0.25, 0.3) is 0 Å². The summed E-state index contributed by atoms with van der Waals surface area (Å²) in [6, 6.07) is 2.88. The standard InChI is InChI=1S/C10H11F5N2O3S/c1-17-21(18,19)8-4-6(16)2-3-7(8)20-5-9(11,12)10(13,14)15/h2-4,17H,5,16H2,1H3. The number of hydrogen-bond acceptors (Lipinski definition) is 4. The minimum atomic E-state index is -5.80. The van der Waals surface area contributed by atoms with E-state index in [0.29, 0.717) is 0 Å². The van der Waals surface area contributed by atoms with Gasteiger partial charge in [-0.2, -0.15) is 22.0 Å². The Hall–Kier alpha value is -1.62. The lowest BCUT2D eigenvalue weighted by Gasteiger charge is -2.20. The fourth-order valence-electron chi connectivity index (χ4n) is 1.21. The van der Waals surface area contributed by atoms with E-state index in [1.807, 2.05) is 4.72 Å². The molecule has 0 saturated carbocycles. The van der Waals surface area contributed by atoms with Crippen molar-refractivity contribution in [3.63, 3.8) is 0 Å². The van der Waals surface area contributed by atoms with E-state index in [4.69, 9.17) is 5.73 Å². The molecular formula is C10H11F5N2O3S. The Bertz CT molecular complexity index is 616. The van der Waals surface area contributed by atoms with Crippen LogP contribution in [0.4, 0.5) is 27.6 Å². The van der Waals surface area contributed by atoms with Crippen LogP contribution in [0.1, 0.15) is 0 Å². The van der Waals surface area contributed by atoms with Crippen molar-refractivity contribution in [1.82, 2.24) is 4.72 Å². The summed E-state index contributed by atoms with van der Waals surface area (Å²) in [6.07, 6.45) is -5.80. The molecule has 11 heteroatoms. The maximum atomic E-state index is 12.8. The summed E-state index contributed by atoms with van der Waals surface area (Å²) in [5.41, 5.74) is 5.33. The summed E-state index contributed by atoms with van der Waals surface area (Å²) < 4.78 is 91.1. The zero-order chi connectivity index (χ0) is 16.5. The first-order valence-electron chi connectivity index (χ1n) is 5.31. The molecule has 0 aliphatic rings. The van der Waals surface area contributed by atoms with Gasteiger partial charge in [0.15, 0.2) is 6.61 Å². The summed E-state index contributed by atoms with van der Waals surface area (Å²) in [5, 5.41) is 0. The van der Waals surface area contributed by atoms with E-state index >= 15 is 0 Å². The Morgan fingerprint density at radius 2 is 1.81 bits per heavy atom. The van der Waals surface area contributed by atoms with E-state index in [9.17, 15) is 30.4 Å². The van der Waals surface area contributed by atoms with Crippen molar-refractivity contribution in [1.29, 1.82) is 0 Å². The number of ether oxygens (including phenoxy) is 1. The molecule has 0 radical (unpaired) electrons. The summed E-state index contributed by atoms with van der Waals surface area (Å²) in [7, 11) is -3.10. The van der Waals surface area contributed by atoms with Crippen molar-refractivity contribution in [2.75, 3.05) is 19.4 Å². The number of anilines is 1. The largest absolute Gasteiger partial charge is 0.485 e. The lowest BCUT2D eigenvalue weighted by Crippen LogP contribution is -2.42. The van der Waals surface area contributed by atoms with Crippen LogP contribution < -0.4 is 15.2 Å². The van der Waals surface area contributed by atoms with Crippen LogP contribution in [-0.2, 0) is 10.0 Å². The van der Waals surface area contributed by atoms with Crippen molar-refractivity contribution in [3.8, 4) is 5.75 Å². The van der Waals surface area contributed by atoms with Gasteiger partial charge in [-0.15, -0.1) is 0 Å². The second kappa shape index (κ2) is 5.64. The van der Waals surface area contributed by atoms with E-state index in [2.05, 4.69) is 4.74 Å². The molecule has 0 aliphatic carbocycles. The number of nitrogens with one attached hydrogen (secondary N) is 1. The molecule has 0 spiro atoms. The average molecular weight is 334 g/mol. The molecule has 0 unspecified atom stereocenters. The summed E-state index contributed by atoms with van der Waals surface area (Å²) in [5.74, 6) is -5.78. The highest BCUT2D eigenvalue weighted by molar-refractivity contribution is 7.89. The Morgan fingerprint density at radius 3 is 2.29 bits per heavy atom. The van der Waals surface area contributed by atoms with Gasteiger partial charge in [0.2, 0.25) is 10.0 Å². The lowest BCUT2D eigenvalue weighted by molar-refractivity contribution is -0.290. The van der Waals surface area contributed by atoms with Gasteiger partial charge in [-0.1, -0.05) is 0 Å². The molecule has 120 valence electrons. The van der Waals surface area contributed by atoms with Gasteiger partial charge in [-0.25, -0.2) is 13.1 Å². The number of rotatable bonds is 5. The van der Waals surface area contributed by atoms with Crippen LogP contribution in [0.2, 0.25) is 0 Å². The van der Waals surface area contributed by atoms with Gasteiger partial charge >= 0.3 is 12.1 Å². The highest BCUT2D eigenvalue weighted by atomic mass is 32.2. The minimum Gasteiger partial charge on any atom is -0.485 e. The lowest BCUT2D eigenvalue weighted by atomic mass is 10.3. The third-order valence-corrected chi connectivity index (χ3v) is 3.79. The molecule has 1 aromatic rings. The zero-order valence-corrected chi connectivity index (χ0v) is 11.4. The number of benzene rings is 1. The second-order valence-electron chi connectivity index (χ2n) is 3.90. The first kappa shape index (κ1) is 17.4. The monoisotopic (exact) mass is 334 g/mol. The fourth-order valence-corrected chi connectivity index (χ4v) is 2.12. The van der Waals surface area contributed by atoms with Crippen LogP contribution >= 0.6 is 0 Å². The van der Waals surface area contributed by atoms with Crippen LogP contribution in [0.5, 0.6) is 5.75 Å². The van der Waals surface area contributed by atoms with E-state index < -0.39 is 39.4 Å². The second-order valence-corrected chi connectivity index (χ2v) is 5.76. The molecule has 0 amide bonds. The van der Waals surface area contributed by atoms with E-state index in [1.165, 1.54) is 0 Å². The SMILES string of the molecule is CNS(=O)(=O)c1cc(N)ccc1OCC(F)(F)C(F)(F)F. The molecule has 0 fully saturated rings. The molecule has 0 heterocycles. The van der Waals surface area contributed by atoms with Crippen LogP contribution in [-0.4, -0.2) is 34.2 Å². The molecule has 21 heavy (non-hydrogen) atoms. The summed E-state index contributed by atoms with van der Waals surface area (Å²) >= 11 is 0. The highest BCUT2D eigenvalue weighted by Crippen LogP contribution is 2.36. The molecule has 0 saturated heterocycles. The Morgan fingerprint density at radius 1 is 1.24 bits per heavy atom. The predicted molar refractivity (Wildman–Crippen MR) is 63.6 cm³/mol. The van der Waals surface area contributed by atoms with E-state index in [-0.39, 0.29) is 5.69 Å². The minimum absolute atomic E-state index is 0.0289. The van der Waals surface area contributed by atoms with Crippen molar-refractivity contribution >= 4 is 15.7 Å². The molecule has 5 nitrogen and oxygen atoms in total. The molecule has 0 aromatic heterocycles. The Labute approximate surface area is 116 Å². The number of sulfonamides is 1. The van der Waals surface area contributed by atoms with Crippen molar-refractivity contribution in [2.45, 2.75) is 17.0 Å². The number of halogens is 5. The Balaban J connectivity index is 3.11. The Kier molecular flexibility index (Phi) is 4.68. The molecular weight excluding hydrogens is 323 g/mol. The van der Waals surface area contributed by atoms with Gasteiger partial charge in [0.1, 0.15) is 10.6 Å². The van der Waals surface area contributed by atoms with Gasteiger partial charge in [0.25, 0.3) is 0 Å². The highest BCUT2D eigenvalue weighted by Gasteiger charge is 2.58. The molecule has 0 atom stereocenters. The normalized spacial score (nSPS) is 13.2. The van der Waals surface area contributed by atoms with Gasteiger partial charge in [0.05, 0.1) is 0 Å². The predicted octanol–water partition coefficient (Wildman–Crippen LogP) is 1.75. The van der Waals surface area contributed by atoms with Crippen LogP contribution in [0.3, 0.4) is 0 Å². The van der Waals surface area contributed by atoms with Gasteiger partial charge in [0, 0.05) is 5.69 Å². The molecule has 1 aromatic carbocycles. The molecule has 0 bridgehead atoms. The van der Waals surface area contributed by atoms with Crippen LogP contribution in [0, 0.1) is 0 Å². The maximum Gasteiger partial charge on any atom is 0.456 e. The first-order valence-corrected chi connectivity index (χ1v) is 6.79.